The molecule has 0 saturated heterocycles. The van der Waals surface area contributed by atoms with Gasteiger partial charge in [0.25, 0.3) is 0 Å². The van der Waals surface area contributed by atoms with Gasteiger partial charge in [-0.05, 0) is 20.8 Å². The number of ether oxygens (including phenoxy) is 1. The van der Waals surface area contributed by atoms with Crippen molar-refractivity contribution in [3.63, 3.8) is 0 Å². The highest BCUT2D eigenvalue weighted by molar-refractivity contribution is 5.68. The number of aliphatic imine (C=N–C) groups is 1. The van der Waals surface area contributed by atoms with E-state index in [4.69, 9.17) is 4.74 Å². The first-order chi connectivity index (χ1) is 6.46. The quantitative estimate of drug-likeness (QED) is 0.587. The van der Waals surface area contributed by atoms with Gasteiger partial charge < -0.3 is 4.74 Å². The Balaban J connectivity index is 2.30. The summed E-state index contributed by atoms with van der Waals surface area (Å²) in [7, 11) is 2.27. The van der Waals surface area contributed by atoms with Gasteiger partial charge in [0, 0.05) is 12.8 Å². The van der Waals surface area contributed by atoms with Gasteiger partial charge in [0.15, 0.2) is 0 Å². The maximum Gasteiger partial charge on any atom is 0.394 e. The van der Waals surface area contributed by atoms with Crippen molar-refractivity contribution in [2.24, 2.45) is 4.99 Å². The van der Waals surface area contributed by atoms with E-state index >= 15 is 0 Å². The summed E-state index contributed by atoms with van der Waals surface area (Å²) in [5.41, 5.74) is 0.185. The van der Waals surface area contributed by atoms with Crippen molar-refractivity contribution in [3.8, 4) is 0 Å². The van der Waals surface area contributed by atoms with Gasteiger partial charge in [0.1, 0.15) is 6.61 Å². The maximum atomic E-state index is 5.67. The van der Waals surface area contributed by atoms with Crippen molar-refractivity contribution >= 4 is 6.02 Å². The van der Waals surface area contributed by atoms with E-state index in [1.54, 1.807) is 0 Å². The average molecular weight is 197 g/mol. The smallest absolute Gasteiger partial charge is 0.394 e. The van der Waals surface area contributed by atoms with Crippen LogP contribution >= 0.6 is 0 Å². The molecule has 0 amide bonds. The summed E-state index contributed by atoms with van der Waals surface area (Å²) in [5.74, 6) is 0. The van der Waals surface area contributed by atoms with Gasteiger partial charge in [-0.2, -0.15) is 4.99 Å². The van der Waals surface area contributed by atoms with E-state index in [1.807, 2.05) is 0 Å². The van der Waals surface area contributed by atoms with Crippen LogP contribution in [0.3, 0.4) is 0 Å². The highest BCUT2D eigenvalue weighted by Crippen LogP contribution is 2.40. The van der Waals surface area contributed by atoms with Gasteiger partial charge in [-0.15, -0.1) is 0 Å². The first-order valence-corrected chi connectivity index (χ1v) is 5.50. The predicted octanol–water partition coefficient (Wildman–Crippen LogP) is 1.78. The molecular weight excluding hydrogens is 176 g/mol. The summed E-state index contributed by atoms with van der Waals surface area (Å²) in [6.07, 6.45) is 2.63. The van der Waals surface area contributed by atoms with Crippen LogP contribution in [0.15, 0.2) is 4.99 Å². The number of nitrogens with zero attached hydrogens (tertiary/aromatic N) is 2. The number of hydrogen-bond donors (Lipinski definition) is 0. The van der Waals surface area contributed by atoms with Crippen molar-refractivity contribution < 1.29 is 9.22 Å². The largest absolute Gasteiger partial charge is 0.435 e. The first kappa shape index (κ1) is 9.97. The van der Waals surface area contributed by atoms with E-state index in [2.05, 4.69) is 32.8 Å². The van der Waals surface area contributed by atoms with Crippen molar-refractivity contribution in [3.05, 3.63) is 0 Å². The van der Waals surface area contributed by atoms with Crippen molar-refractivity contribution in [2.45, 2.75) is 45.2 Å². The molecule has 0 spiro atoms. The molecule has 3 nitrogen and oxygen atoms in total. The minimum absolute atomic E-state index is 0.185. The Morgan fingerprint density at radius 3 is 2.36 bits per heavy atom. The van der Waals surface area contributed by atoms with Gasteiger partial charge in [0.05, 0.1) is 25.2 Å². The third-order valence-corrected chi connectivity index (χ3v) is 3.64. The Kier molecular flexibility index (Phi) is 2.11. The molecule has 1 atom stereocenters. The summed E-state index contributed by atoms with van der Waals surface area (Å²) in [6.45, 7) is 8.43. The Hall–Kier alpha value is -0.570. The van der Waals surface area contributed by atoms with Gasteiger partial charge in [0.2, 0.25) is 0 Å². The highest BCUT2D eigenvalue weighted by atomic mass is 16.5. The second-order valence-electron chi connectivity index (χ2n) is 5.49. The lowest BCUT2D eigenvalue weighted by atomic mass is 10.0. The second-order valence-corrected chi connectivity index (χ2v) is 5.49. The monoisotopic (exact) mass is 197 g/mol. The van der Waals surface area contributed by atoms with E-state index in [-0.39, 0.29) is 5.54 Å². The van der Waals surface area contributed by atoms with Crippen LogP contribution in [0.5, 0.6) is 0 Å². The summed E-state index contributed by atoms with van der Waals surface area (Å²) < 4.78 is 6.55. The van der Waals surface area contributed by atoms with E-state index in [0.717, 1.165) is 29.7 Å². The number of quaternary nitrogens is 1. The average Bonchev–Trinajstić information content (AvgIpc) is 2.78. The van der Waals surface area contributed by atoms with Gasteiger partial charge >= 0.3 is 6.02 Å². The molecule has 3 heteroatoms. The molecule has 80 valence electrons. The molecule has 0 N–H and O–H groups in total. The zero-order valence-corrected chi connectivity index (χ0v) is 9.71. The number of rotatable bonds is 1. The van der Waals surface area contributed by atoms with Crippen molar-refractivity contribution in [2.75, 3.05) is 20.2 Å². The molecule has 0 aromatic rings. The fraction of sp³-hybridized carbons (Fsp3) is 0.909. The fourth-order valence-electron chi connectivity index (χ4n) is 2.19. The van der Waals surface area contributed by atoms with Crippen LogP contribution < -0.4 is 0 Å². The molecule has 1 aliphatic carbocycles. The normalized spacial score (nSPS) is 26.7. The zero-order valence-electron chi connectivity index (χ0n) is 9.71. The van der Waals surface area contributed by atoms with Gasteiger partial charge in [-0.25, -0.2) is 4.48 Å². The molecule has 14 heavy (non-hydrogen) atoms. The standard InChI is InChI=1S/C11H21N2O/c1-11(2,3)13(4,9-5-6-9)10-12-7-8-14-10/h9H,5-8H2,1-4H3/q+1. The van der Waals surface area contributed by atoms with Crippen molar-refractivity contribution in [1.29, 1.82) is 0 Å². The lowest BCUT2D eigenvalue weighted by Crippen LogP contribution is -2.62. The number of amidine groups is 1. The van der Waals surface area contributed by atoms with Crippen LogP contribution in [0, 0.1) is 0 Å². The van der Waals surface area contributed by atoms with E-state index in [9.17, 15) is 0 Å². The molecule has 0 radical (unpaired) electrons. The summed E-state index contributed by atoms with van der Waals surface area (Å²) in [6, 6.07) is 1.69. The highest BCUT2D eigenvalue weighted by Gasteiger charge is 2.54. The third kappa shape index (κ3) is 1.34. The molecule has 0 bridgehead atoms. The lowest BCUT2D eigenvalue weighted by molar-refractivity contribution is -0.888. The van der Waals surface area contributed by atoms with Crippen LogP contribution in [0.1, 0.15) is 33.6 Å². The minimum Gasteiger partial charge on any atom is -0.435 e. The van der Waals surface area contributed by atoms with Crippen LogP contribution in [0.4, 0.5) is 0 Å². The van der Waals surface area contributed by atoms with E-state index in [1.165, 1.54) is 12.8 Å². The zero-order chi connectivity index (χ0) is 10.4. The topological polar surface area (TPSA) is 21.6 Å². The lowest BCUT2D eigenvalue weighted by Gasteiger charge is -2.43. The Morgan fingerprint density at radius 1 is 1.36 bits per heavy atom. The Morgan fingerprint density at radius 2 is 2.00 bits per heavy atom. The van der Waals surface area contributed by atoms with Crippen LogP contribution in [-0.4, -0.2) is 42.3 Å². The number of hydrogen-bond acceptors (Lipinski definition) is 2. The first-order valence-electron chi connectivity index (χ1n) is 5.50. The molecule has 0 aromatic carbocycles. The SMILES string of the molecule is CC(C)(C)[N+](C)(C1=NCCO1)C1CC1. The Labute approximate surface area is 86.4 Å². The summed E-state index contributed by atoms with van der Waals surface area (Å²) in [5, 5.41) is 0. The van der Waals surface area contributed by atoms with Crippen LogP contribution in [0.25, 0.3) is 0 Å². The van der Waals surface area contributed by atoms with Gasteiger partial charge in [-0.1, -0.05) is 0 Å². The van der Waals surface area contributed by atoms with E-state index < -0.39 is 0 Å². The molecule has 1 aliphatic heterocycles. The molecule has 0 aromatic heterocycles. The van der Waals surface area contributed by atoms with Crippen molar-refractivity contribution in [1.82, 2.24) is 0 Å². The Bertz CT molecular complexity index is 263. The maximum absolute atomic E-state index is 5.67. The molecule has 1 fully saturated rings. The minimum atomic E-state index is 0.185. The molecule has 1 unspecified atom stereocenters. The third-order valence-electron chi connectivity index (χ3n) is 3.64. The molecular formula is C11H21N2O+. The summed E-state index contributed by atoms with van der Waals surface area (Å²) >= 11 is 0. The summed E-state index contributed by atoms with van der Waals surface area (Å²) in [4.78, 5) is 4.50. The molecule has 2 aliphatic rings. The second kappa shape index (κ2) is 2.96. The predicted molar refractivity (Wildman–Crippen MR) is 57.2 cm³/mol. The van der Waals surface area contributed by atoms with Gasteiger partial charge in [-0.3, -0.25) is 0 Å². The van der Waals surface area contributed by atoms with Crippen LogP contribution in [0.2, 0.25) is 0 Å². The fourth-order valence-corrected chi connectivity index (χ4v) is 2.19. The van der Waals surface area contributed by atoms with E-state index in [0.29, 0.717) is 0 Å². The molecule has 1 heterocycles. The van der Waals surface area contributed by atoms with Crippen LogP contribution in [-0.2, 0) is 4.74 Å². The molecule has 1 saturated carbocycles. The molecule has 2 rings (SSSR count).